The molecule has 15 atom stereocenters. The average Bonchev–Trinajstić information content (AvgIpc) is 3.83. The molecule has 0 aliphatic heterocycles. The van der Waals surface area contributed by atoms with Crippen molar-refractivity contribution in [1.29, 1.82) is 0 Å². The van der Waals surface area contributed by atoms with Crippen molar-refractivity contribution < 1.29 is 19.8 Å². The molecule has 8 saturated carbocycles. The van der Waals surface area contributed by atoms with E-state index < -0.39 is 5.60 Å². The first-order valence-corrected chi connectivity index (χ1v) is 22.3. The molecule has 51 heavy (non-hydrogen) atoms. The van der Waals surface area contributed by atoms with Crippen molar-refractivity contribution in [3.8, 4) is 0 Å². The number of fused-ring (bicyclic) bond motifs is 8. The molecule has 8 aliphatic rings. The molecule has 0 radical (unpaired) electrons. The molecule has 2 bridgehead atoms. The van der Waals surface area contributed by atoms with Crippen LogP contribution in [0.4, 0.5) is 0 Å². The van der Waals surface area contributed by atoms with E-state index in [-0.39, 0.29) is 18.1 Å². The van der Waals surface area contributed by atoms with Gasteiger partial charge >= 0.3 is 0 Å². The van der Waals surface area contributed by atoms with Crippen LogP contribution in [0.1, 0.15) is 156 Å². The minimum atomic E-state index is -0.519. The maximum absolute atomic E-state index is 13.0. The lowest BCUT2D eigenvalue weighted by Crippen LogP contribution is -2.48. The Morgan fingerprint density at radius 1 is 0.824 bits per heavy atom. The maximum Gasteiger partial charge on any atom is 0.220 e. The molecule has 0 spiro atoms. The van der Waals surface area contributed by atoms with Gasteiger partial charge in [0.05, 0.1) is 17.7 Å². The van der Waals surface area contributed by atoms with Crippen LogP contribution in [0.5, 0.6) is 0 Å². The van der Waals surface area contributed by atoms with E-state index in [1.807, 2.05) is 0 Å². The van der Waals surface area contributed by atoms with Gasteiger partial charge in [0, 0.05) is 6.42 Å². The summed E-state index contributed by atoms with van der Waals surface area (Å²) in [5.41, 5.74) is -0.0942. The Hall–Kier alpha value is -0.980. The summed E-state index contributed by atoms with van der Waals surface area (Å²) in [7, 11) is 0. The van der Waals surface area contributed by atoms with E-state index in [0.29, 0.717) is 53.8 Å². The van der Waals surface area contributed by atoms with E-state index in [0.717, 1.165) is 99.3 Å². The Morgan fingerprint density at radius 2 is 1.57 bits per heavy atom. The number of hydrogen-bond donors (Lipinski definition) is 4. The second-order valence-electron chi connectivity index (χ2n) is 20.6. The molecule has 290 valence electrons. The van der Waals surface area contributed by atoms with E-state index >= 15 is 0 Å². The summed E-state index contributed by atoms with van der Waals surface area (Å²) in [5.74, 6) is 9.35. The zero-order valence-corrected chi connectivity index (χ0v) is 33.0. The highest BCUT2D eigenvalue weighted by molar-refractivity contribution is 5.79. The second-order valence-corrected chi connectivity index (χ2v) is 20.6. The van der Waals surface area contributed by atoms with Crippen LogP contribution in [0.25, 0.3) is 0 Å². The number of rotatable bonds is 14. The third-order valence-corrected chi connectivity index (χ3v) is 17.8. The zero-order chi connectivity index (χ0) is 35.9. The summed E-state index contributed by atoms with van der Waals surface area (Å²) < 4.78 is 0. The van der Waals surface area contributed by atoms with Gasteiger partial charge in [-0.1, -0.05) is 33.6 Å². The van der Waals surface area contributed by atoms with Crippen LogP contribution in [-0.4, -0.2) is 53.2 Å². The average molecular weight is 709 g/mol. The van der Waals surface area contributed by atoms with Gasteiger partial charge in [0.25, 0.3) is 0 Å². The van der Waals surface area contributed by atoms with Gasteiger partial charge in [0.2, 0.25) is 5.91 Å². The lowest BCUT2D eigenvalue weighted by atomic mass is 9.52. The van der Waals surface area contributed by atoms with Crippen LogP contribution in [-0.2, 0) is 9.59 Å². The van der Waals surface area contributed by atoms with Gasteiger partial charge in [-0.15, -0.1) is 0 Å². The quantitative estimate of drug-likeness (QED) is 0.108. The Labute approximate surface area is 311 Å². The van der Waals surface area contributed by atoms with Crippen molar-refractivity contribution in [2.75, 3.05) is 13.1 Å². The Bertz CT molecular complexity index is 1180. The minimum absolute atomic E-state index is 0.0462. The van der Waals surface area contributed by atoms with Crippen molar-refractivity contribution in [1.82, 2.24) is 10.6 Å². The second kappa shape index (κ2) is 16.0. The van der Waals surface area contributed by atoms with Gasteiger partial charge in [-0.25, -0.2) is 0 Å². The molecule has 15 unspecified atom stereocenters. The van der Waals surface area contributed by atoms with Gasteiger partial charge in [0.15, 0.2) is 0 Å². The number of amides is 1. The SMILES string of the molecule is CC(CCC(=O)NC(C=O)CCCCNCC(C)C1CCC2C3CCC(CC3)CC(C)(O)C12)C1CCC2C1CC1C2CCC2CC(O)CCC21C. The summed E-state index contributed by atoms with van der Waals surface area (Å²) in [5, 5.41) is 28.9. The lowest BCUT2D eigenvalue weighted by molar-refractivity contribution is -0.124. The number of aliphatic hydroxyl groups excluding tert-OH is 1. The lowest BCUT2D eigenvalue weighted by Gasteiger charge is -2.53. The largest absolute Gasteiger partial charge is 0.393 e. The van der Waals surface area contributed by atoms with Gasteiger partial charge in [-0.2, -0.15) is 0 Å². The van der Waals surface area contributed by atoms with Crippen molar-refractivity contribution in [3.63, 3.8) is 0 Å². The van der Waals surface area contributed by atoms with E-state index in [9.17, 15) is 19.8 Å². The Morgan fingerprint density at radius 3 is 2.35 bits per heavy atom. The van der Waals surface area contributed by atoms with Crippen LogP contribution in [0.3, 0.4) is 0 Å². The van der Waals surface area contributed by atoms with Crippen LogP contribution in [0.15, 0.2) is 0 Å². The molecule has 8 rings (SSSR count). The van der Waals surface area contributed by atoms with E-state index in [4.69, 9.17) is 0 Å². The predicted octanol–water partition coefficient (Wildman–Crippen LogP) is 8.33. The molecule has 8 aliphatic carbocycles. The molecule has 6 nitrogen and oxygen atoms in total. The molecule has 0 aromatic rings. The molecule has 0 aromatic carbocycles. The van der Waals surface area contributed by atoms with Gasteiger partial charge in [-0.3, -0.25) is 4.79 Å². The third-order valence-electron chi connectivity index (χ3n) is 17.8. The molecule has 0 heterocycles. The third kappa shape index (κ3) is 7.91. The van der Waals surface area contributed by atoms with Gasteiger partial charge in [0.1, 0.15) is 6.29 Å². The number of hydrogen-bond acceptors (Lipinski definition) is 5. The molecule has 8 fully saturated rings. The molecule has 1 amide bonds. The highest BCUT2D eigenvalue weighted by atomic mass is 16.3. The van der Waals surface area contributed by atoms with E-state index in [2.05, 4.69) is 38.3 Å². The van der Waals surface area contributed by atoms with Crippen molar-refractivity contribution in [2.45, 2.75) is 174 Å². The molecular weight excluding hydrogens is 633 g/mol. The molecule has 6 heteroatoms. The first-order valence-electron chi connectivity index (χ1n) is 22.3. The number of carbonyl (C=O) groups excluding carboxylic acids is 2. The standard InChI is InChI=1S/C45H76N2O4/c1-28(35-15-18-38-39-14-13-32-23-34(49)20-21-44(32,3)41(39)24-40(35)38)8-19-42(50)47-33(27-48)7-5-6-22-46-26-29(2)36-16-17-37-31-11-9-30(10-12-31)25-45(4,51)43(36)37/h27-41,43,46,49,51H,5-26H2,1-4H3,(H,47,50). The Balaban J connectivity index is 0.792. The maximum atomic E-state index is 13.0. The monoisotopic (exact) mass is 709 g/mol. The summed E-state index contributed by atoms with van der Waals surface area (Å²) in [6.45, 7) is 11.5. The fourth-order valence-corrected chi connectivity index (χ4v) is 15.2. The van der Waals surface area contributed by atoms with Crippen LogP contribution in [0, 0.1) is 82.3 Å². The van der Waals surface area contributed by atoms with Crippen molar-refractivity contribution >= 4 is 12.2 Å². The summed E-state index contributed by atoms with van der Waals surface area (Å²) in [6.07, 6.45) is 24.0. The summed E-state index contributed by atoms with van der Waals surface area (Å²) in [6, 6.07) is -0.379. The number of nitrogens with one attached hydrogen (secondary N) is 2. The number of carbonyl (C=O) groups is 2. The summed E-state index contributed by atoms with van der Waals surface area (Å²) in [4.78, 5) is 25.0. The number of aliphatic hydroxyl groups is 2. The first kappa shape index (κ1) is 38.3. The van der Waals surface area contributed by atoms with Crippen molar-refractivity contribution in [3.05, 3.63) is 0 Å². The van der Waals surface area contributed by atoms with Crippen LogP contribution >= 0.6 is 0 Å². The van der Waals surface area contributed by atoms with Crippen molar-refractivity contribution in [2.24, 2.45) is 82.3 Å². The Kier molecular flexibility index (Phi) is 12.0. The number of unbranched alkanes of at least 4 members (excludes halogenated alkanes) is 1. The highest BCUT2D eigenvalue weighted by Crippen LogP contribution is 2.67. The molecular formula is C45H76N2O4. The first-order chi connectivity index (χ1) is 24.5. The van der Waals surface area contributed by atoms with Gasteiger partial charge < -0.3 is 25.6 Å². The molecule has 0 aromatic heterocycles. The minimum Gasteiger partial charge on any atom is -0.393 e. The van der Waals surface area contributed by atoms with E-state index in [1.165, 1.54) is 77.0 Å². The smallest absolute Gasteiger partial charge is 0.220 e. The van der Waals surface area contributed by atoms with E-state index in [1.54, 1.807) is 0 Å². The van der Waals surface area contributed by atoms with Crippen LogP contribution < -0.4 is 10.6 Å². The topological polar surface area (TPSA) is 98.7 Å². The highest BCUT2D eigenvalue weighted by Gasteiger charge is 2.59. The molecule has 0 saturated heterocycles. The fraction of sp³-hybridized carbons (Fsp3) is 0.956. The van der Waals surface area contributed by atoms with Crippen LogP contribution in [0.2, 0.25) is 0 Å². The summed E-state index contributed by atoms with van der Waals surface area (Å²) >= 11 is 0. The number of aldehydes is 1. The van der Waals surface area contributed by atoms with Gasteiger partial charge in [-0.05, 0) is 212 Å². The molecule has 4 N–H and O–H groups in total. The predicted molar refractivity (Wildman–Crippen MR) is 205 cm³/mol. The zero-order valence-electron chi connectivity index (χ0n) is 33.0. The normalized spacial score (nSPS) is 46.2. The fourth-order valence-electron chi connectivity index (χ4n) is 15.2.